The second-order valence-corrected chi connectivity index (χ2v) is 7.88. The average molecular weight is 387 g/mol. The lowest BCUT2D eigenvalue weighted by Gasteiger charge is -2.36. The molecule has 1 aromatic heterocycles. The van der Waals surface area contributed by atoms with E-state index >= 15 is 0 Å². The summed E-state index contributed by atoms with van der Waals surface area (Å²) < 4.78 is 5.33. The van der Waals surface area contributed by atoms with Crippen molar-refractivity contribution in [3.8, 4) is 5.75 Å². The van der Waals surface area contributed by atoms with Gasteiger partial charge in [-0.05, 0) is 31.4 Å². The molecule has 2 aliphatic heterocycles. The molecule has 0 radical (unpaired) electrons. The summed E-state index contributed by atoms with van der Waals surface area (Å²) in [5, 5.41) is 2.88. The van der Waals surface area contributed by atoms with Crippen molar-refractivity contribution in [3.63, 3.8) is 0 Å². The van der Waals surface area contributed by atoms with Crippen LogP contribution in [-0.2, 0) is 0 Å². The lowest BCUT2D eigenvalue weighted by molar-refractivity contribution is 0.0719. The quantitative estimate of drug-likeness (QED) is 0.808. The molecule has 1 amide bonds. The number of anilines is 2. The highest BCUT2D eigenvalue weighted by atomic mass is 32.1. The molecule has 1 aromatic carbocycles. The van der Waals surface area contributed by atoms with Gasteiger partial charge in [-0.1, -0.05) is 6.07 Å². The van der Waals surface area contributed by atoms with Crippen molar-refractivity contribution in [2.45, 2.75) is 19.3 Å². The second-order valence-electron chi connectivity index (χ2n) is 7.04. The first-order valence-electron chi connectivity index (χ1n) is 9.63. The number of hydrogen-bond acceptors (Lipinski definition) is 6. The first-order chi connectivity index (χ1) is 13.2. The summed E-state index contributed by atoms with van der Waals surface area (Å²) >= 11 is 1.58. The van der Waals surface area contributed by atoms with Crippen LogP contribution in [0.1, 0.15) is 29.8 Å². The number of thiazole rings is 1. The van der Waals surface area contributed by atoms with Crippen LogP contribution in [0.3, 0.4) is 0 Å². The van der Waals surface area contributed by atoms with Gasteiger partial charge in [-0.25, -0.2) is 4.98 Å². The highest BCUT2D eigenvalue weighted by Crippen LogP contribution is 2.26. The molecular formula is C20H26N4O2S. The van der Waals surface area contributed by atoms with Crippen molar-refractivity contribution < 1.29 is 9.53 Å². The molecule has 4 rings (SSSR count). The van der Waals surface area contributed by atoms with Crippen LogP contribution >= 0.6 is 11.3 Å². The average Bonchev–Trinajstić information content (AvgIpc) is 3.24. The van der Waals surface area contributed by atoms with E-state index in [0.717, 1.165) is 63.0 Å². The minimum Gasteiger partial charge on any atom is -0.497 e. The summed E-state index contributed by atoms with van der Waals surface area (Å²) in [7, 11) is 1.70. The molecule has 0 aliphatic carbocycles. The maximum absolute atomic E-state index is 12.6. The fraction of sp³-hybridized carbons (Fsp3) is 0.500. The monoisotopic (exact) mass is 386 g/mol. The Labute approximate surface area is 164 Å². The number of methoxy groups -OCH3 is 1. The van der Waals surface area contributed by atoms with Crippen LogP contribution in [0.25, 0.3) is 0 Å². The zero-order valence-corrected chi connectivity index (χ0v) is 16.6. The van der Waals surface area contributed by atoms with Crippen molar-refractivity contribution >= 4 is 28.1 Å². The molecule has 0 saturated carbocycles. The molecule has 7 heteroatoms. The first kappa shape index (κ1) is 18.1. The van der Waals surface area contributed by atoms with Crippen molar-refractivity contribution in [1.82, 2.24) is 9.88 Å². The molecule has 6 nitrogen and oxygen atoms in total. The molecule has 0 N–H and O–H groups in total. The molecule has 2 fully saturated rings. The maximum Gasteiger partial charge on any atom is 0.273 e. The molecule has 0 atom stereocenters. The Kier molecular flexibility index (Phi) is 5.48. The van der Waals surface area contributed by atoms with Gasteiger partial charge in [-0.15, -0.1) is 11.3 Å². The predicted octanol–water partition coefficient (Wildman–Crippen LogP) is 3.10. The highest BCUT2D eigenvalue weighted by molar-refractivity contribution is 7.13. The molecule has 2 saturated heterocycles. The van der Waals surface area contributed by atoms with Gasteiger partial charge in [0.05, 0.1) is 7.11 Å². The normalized spacial score (nSPS) is 17.9. The Bertz CT molecular complexity index is 780. The number of hydrogen-bond donors (Lipinski definition) is 0. The lowest BCUT2D eigenvalue weighted by Crippen LogP contribution is -2.46. The smallest absolute Gasteiger partial charge is 0.273 e. The van der Waals surface area contributed by atoms with Crippen LogP contribution in [0.2, 0.25) is 0 Å². The Morgan fingerprint density at radius 2 is 1.78 bits per heavy atom. The van der Waals surface area contributed by atoms with Crippen molar-refractivity contribution in [3.05, 3.63) is 35.3 Å². The van der Waals surface area contributed by atoms with Gasteiger partial charge in [0.1, 0.15) is 11.4 Å². The van der Waals surface area contributed by atoms with Crippen LogP contribution in [-0.4, -0.2) is 62.2 Å². The Hall–Kier alpha value is -2.28. The Balaban J connectivity index is 1.37. The molecule has 0 unspecified atom stereocenters. The summed E-state index contributed by atoms with van der Waals surface area (Å²) in [6.07, 6.45) is 3.44. The second kappa shape index (κ2) is 8.17. The first-order valence-corrected chi connectivity index (χ1v) is 10.5. The minimum atomic E-state index is 0.0900. The predicted molar refractivity (Wildman–Crippen MR) is 109 cm³/mol. The molecule has 0 bridgehead atoms. The van der Waals surface area contributed by atoms with Gasteiger partial charge in [0.15, 0.2) is 5.13 Å². The number of rotatable bonds is 4. The maximum atomic E-state index is 12.6. The fourth-order valence-corrected chi connectivity index (χ4v) is 4.58. The van der Waals surface area contributed by atoms with Crippen LogP contribution < -0.4 is 14.5 Å². The molecule has 27 heavy (non-hydrogen) atoms. The number of piperidine rings is 1. The molecular weight excluding hydrogens is 360 g/mol. The number of carbonyl (C=O) groups is 1. The number of piperazine rings is 1. The van der Waals surface area contributed by atoms with Crippen LogP contribution in [0.15, 0.2) is 29.6 Å². The number of ether oxygens (including phenoxy) is 1. The Morgan fingerprint density at radius 1 is 1.04 bits per heavy atom. The van der Waals surface area contributed by atoms with Gasteiger partial charge in [0.2, 0.25) is 0 Å². The van der Waals surface area contributed by atoms with E-state index in [4.69, 9.17) is 4.74 Å². The van der Waals surface area contributed by atoms with E-state index in [-0.39, 0.29) is 5.91 Å². The van der Waals surface area contributed by atoms with E-state index < -0.39 is 0 Å². The SMILES string of the molecule is COc1cccc(N2CCN(c3nc(C(=O)N4CCCCC4)cs3)CC2)c1. The molecule has 0 spiro atoms. The number of likely N-dealkylation sites (tertiary alicyclic amines) is 1. The molecule has 3 heterocycles. The van der Waals surface area contributed by atoms with Gasteiger partial charge < -0.3 is 19.4 Å². The van der Waals surface area contributed by atoms with Gasteiger partial charge in [-0.2, -0.15) is 0 Å². The van der Waals surface area contributed by atoms with E-state index in [2.05, 4.69) is 26.9 Å². The summed E-state index contributed by atoms with van der Waals surface area (Å²) in [6.45, 7) is 5.41. The number of nitrogens with zero attached hydrogens (tertiary/aromatic N) is 4. The number of benzene rings is 1. The van der Waals surface area contributed by atoms with Crippen LogP contribution in [0.5, 0.6) is 5.75 Å². The minimum absolute atomic E-state index is 0.0900. The molecule has 2 aromatic rings. The number of aromatic nitrogens is 1. The van der Waals surface area contributed by atoms with E-state index in [1.807, 2.05) is 22.4 Å². The standard InChI is InChI=1S/C20H26N4O2S/c1-26-17-7-5-6-16(14-17)22-10-12-24(13-11-22)20-21-18(15-27-20)19(25)23-8-3-2-4-9-23/h5-7,14-15H,2-4,8-13H2,1H3. The third-order valence-corrected chi connectivity index (χ3v) is 6.22. The third kappa shape index (κ3) is 4.03. The van der Waals surface area contributed by atoms with Crippen LogP contribution in [0, 0.1) is 0 Å². The van der Waals surface area contributed by atoms with Gasteiger partial charge in [-0.3, -0.25) is 4.79 Å². The number of amides is 1. The summed E-state index contributed by atoms with van der Waals surface area (Å²) in [6, 6.07) is 8.20. The van der Waals surface area contributed by atoms with Crippen molar-refractivity contribution in [1.29, 1.82) is 0 Å². The lowest BCUT2D eigenvalue weighted by atomic mass is 10.1. The van der Waals surface area contributed by atoms with E-state index in [1.165, 1.54) is 12.1 Å². The van der Waals surface area contributed by atoms with E-state index in [1.54, 1.807) is 18.4 Å². The van der Waals surface area contributed by atoms with Crippen LogP contribution in [0.4, 0.5) is 10.8 Å². The Morgan fingerprint density at radius 3 is 2.52 bits per heavy atom. The van der Waals surface area contributed by atoms with E-state index in [9.17, 15) is 4.79 Å². The zero-order valence-electron chi connectivity index (χ0n) is 15.8. The van der Waals surface area contributed by atoms with E-state index in [0.29, 0.717) is 5.69 Å². The molecule has 2 aliphatic rings. The largest absolute Gasteiger partial charge is 0.497 e. The fourth-order valence-electron chi connectivity index (χ4n) is 3.73. The zero-order chi connectivity index (χ0) is 18.6. The highest BCUT2D eigenvalue weighted by Gasteiger charge is 2.24. The molecule has 144 valence electrons. The van der Waals surface area contributed by atoms with Gasteiger partial charge in [0, 0.05) is 56.4 Å². The summed E-state index contributed by atoms with van der Waals surface area (Å²) in [5.41, 5.74) is 1.79. The van der Waals surface area contributed by atoms with Gasteiger partial charge in [0.25, 0.3) is 5.91 Å². The van der Waals surface area contributed by atoms with Crippen molar-refractivity contribution in [2.75, 3.05) is 56.2 Å². The summed E-state index contributed by atoms with van der Waals surface area (Å²) in [5.74, 6) is 0.975. The van der Waals surface area contributed by atoms with Gasteiger partial charge >= 0.3 is 0 Å². The summed E-state index contributed by atoms with van der Waals surface area (Å²) in [4.78, 5) is 23.9. The van der Waals surface area contributed by atoms with Crippen molar-refractivity contribution in [2.24, 2.45) is 0 Å². The third-order valence-electron chi connectivity index (χ3n) is 5.32. The number of carbonyl (C=O) groups excluding carboxylic acids is 1. The topological polar surface area (TPSA) is 48.9 Å².